The largest absolute Gasteiger partial charge is 0.337 e. The van der Waals surface area contributed by atoms with Crippen LogP contribution in [-0.4, -0.2) is 62.2 Å². The summed E-state index contributed by atoms with van der Waals surface area (Å²) in [5, 5.41) is 4.05. The van der Waals surface area contributed by atoms with Crippen molar-refractivity contribution < 1.29 is 4.79 Å². The number of rotatable bonds is 5. The van der Waals surface area contributed by atoms with E-state index < -0.39 is 0 Å². The van der Waals surface area contributed by atoms with Crippen molar-refractivity contribution >= 4 is 5.91 Å². The van der Waals surface area contributed by atoms with Crippen molar-refractivity contribution in [2.45, 2.75) is 51.2 Å². The summed E-state index contributed by atoms with van der Waals surface area (Å²) in [6.07, 6.45) is 7.35. The number of hydrogen-bond donors (Lipinski definition) is 0. The predicted octanol–water partition coefficient (Wildman–Crippen LogP) is 0.753. The molecule has 1 aromatic heterocycles. The summed E-state index contributed by atoms with van der Waals surface area (Å²) >= 11 is 0. The molecule has 2 aliphatic rings. The van der Waals surface area contributed by atoms with E-state index in [1.54, 1.807) is 11.0 Å². The minimum Gasteiger partial charge on any atom is -0.337 e. The molecule has 1 unspecified atom stereocenters. The lowest BCUT2D eigenvalue weighted by Crippen LogP contribution is -2.54. The minimum absolute atomic E-state index is 0.285. The first-order chi connectivity index (χ1) is 9.74. The van der Waals surface area contributed by atoms with Crippen molar-refractivity contribution in [3.63, 3.8) is 0 Å². The number of aryl methyl sites for hydroxylation is 1. The summed E-state index contributed by atoms with van der Waals surface area (Å²) in [5.74, 6) is 0.285. The number of carbonyl (C=O) groups is 1. The number of amides is 1. The molecule has 1 atom stereocenters. The third-order valence-electron chi connectivity index (χ3n) is 4.29. The van der Waals surface area contributed by atoms with Crippen LogP contribution in [0.4, 0.5) is 0 Å². The number of piperazine rings is 1. The van der Waals surface area contributed by atoms with Crippen molar-refractivity contribution in [3.8, 4) is 0 Å². The molecular formula is C14H23N5O. The normalized spacial score (nSPS) is 24.1. The van der Waals surface area contributed by atoms with Crippen LogP contribution in [0.3, 0.4) is 0 Å². The van der Waals surface area contributed by atoms with Gasteiger partial charge in [-0.25, -0.2) is 4.98 Å². The van der Waals surface area contributed by atoms with Gasteiger partial charge in [-0.1, -0.05) is 0 Å². The molecule has 1 saturated carbocycles. The first kappa shape index (κ1) is 13.5. The highest BCUT2D eigenvalue weighted by atomic mass is 16.2. The van der Waals surface area contributed by atoms with Gasteiger partial charge in [-0.2, -0.15) is 5.10 Å². The lowest BCUT2D eigenvalue weighted by molar-refractivity contribution is -0.135. The van der Waals surface area contributed by atoms with Crippen LogP contribution in [0.2, 0.25) is 0 Å². The van der Waals surface area contributed by atoms with E-state index in [4.69, 9.17) is 0 Å². The van der Waals surface area contributed by atoms with Gasteiger partial charge in [0, 0.05) is 44.7 Å². The van der Waals surface area contributed by atoms with E-state index in [2.05, 4.69) is 26.8 Å². The van der Waals surface area contributed by atoms with E-state index >= 15 is 0 Å². The summed E-state index contributed by atoms with van der Waals surface area (Å²) in [4.78, 5) is 20.8. The third-order valence-corrected chi connectivity index (χ3v) is 4.29. The molecule has 0 bridgehead atoms. The van der Waals surface area contributed by atoms with Crippen LogP contribution in [0.1, 0.15) is 32.6 Å². The average Bonchev–Trinajstić information content (AvgIpc) is 3.16. The Kier molecular flexibility index (Phi) is 4.00. The predicted molar refractivity (Wildman–Crippen MR) is 75.0 cm³/mol. The molecule has 20 heavy (non-hydrogen) atoms. The monoisotopic (exact) mass is 277 g/mol. The fourth-order valence-corrected chi connectivity index (χ4v) is 3.01. The van der Waals surface area contributed by atoms with Gasteiger partial charge in [0.25, 0.3) is 0 Å². The van der Waals surface area contributed by atoms with Crippen LogP contribution in [0.25, 0.3) is 0 Å². The molecule has 1 aliphatic carbocycles. The third kappa shape index (κ3) is 3.17. The smallest absolute Gasteiger partial charge is 0.222 e. The van der Waals surface area contributed by atoms with Crippen molar-refractivity contribution in [2.24, 2.45) is 0 Å². The summed E-state index contributed by atoms with van der Waals surface area (Å²) in [6, 6.07) is 1.16. The molecule has 110 valence electrons. The molecule has 2 heterocycles. The molecule has 1 saturated heterocycles. The molecule has 2 fully saturated rings. The quantitative estimate of drug-likeness (QED) is 0.797. The summed E-state index contributed by atoms with van der Waals surface area (Å²) in [5.41, 5.74) is 0. The zero-order valence-corrected chi connectivity index (χ0v) is 12.1. The second-order valence-electron chi connectivity index (χ2n) is 5.92. The van der Waals surface area contributed by atoms with E-state index in [9.17, 15) is 4.79 Å². The topological polar surface area (TPSA) is 54.3 Å². The van der Waals surface area contributed by atoms with Crippen LogP contribution >= 0.6 is 0 Å². The lowest BCUT2D eigenvalue weighted by atomic mass is 10.1. The molecule has 0 radical (unpaired) electrons. The summed E-state index contributed by atoms with van der Waals surface area (Å²) < 4.78 is 1.78. The second-order valence-corrected chi connectivity index (χ2v) is 5.92. The van der Waals surface area contributed by atoms with E-state index in [0.717, 1.165) is 38.6 Å². The number of nitrogens with zero attached hydrogens (tertiary/aromatic N) is 5. The lowest BCUT2D eigenvalue weighted by Gasteiger charge is -2.40. The average molecular weight is 277 g/mol. The maximum absolute atomic E-state index is 12.3. The molecule has 6 heteroatoms. The highest BCUT2D eigenvalue weighted by molar-refractivity contribution is 5.76. The fourth-order valence-electron chi connectivity index (χ4n) is 3.01. The highest BCUT2D eigenvalue weighted by Gasteiger charge is 2.35. The maximum atomic E-state index is 12.3. The van der Waals surface area contributed by atoms with E-state index in [-0.39, 0.29) is 5.91 Å². The Bertz CT molecular complexity index is 442. The highest BCUT2D eigenvalue weighted by Crippen LogP contribution is 2.28. The minimum atomic E-state index is 0.285. The molecule has 1 aromatic rings. The van der Waals surface area contributed by atoms with Gasteiger partial charge in [0.1, 0.15) is 12.7 Å². The molecular weight excluding hydrogens is 254 g/mol. The summed E-state index contributed by atoms with van der Waals surface area (Å²) in [7, 11) is 0. The number of carbonyl (C=O) groups excluding carboxylic acids is 1. The van der Waals surface area contributed by atoms with Crippen molar-refractivity contribution in [1.82, 2.24) is 24.6 Å². The van der Waals surface area contributed by atoms with Crippen molar-refractivity contribution in [1.29, 1.82) is 0 Å². The van der Waals surface area contributed by atoms with Gasteiger partial charge < -0.3 is 4.90 Å². The Balaban J connectivity index is 1.42. The Labute approximate surface area is 119 Å². The number of hydrogen-bond acceptors (Lipinski definition) is 4. The van der Waals surface area contributed by atoms with Gasteiger partial charge in [-0.15, -0.1) is 0 Å². The van der Waals surface area contributed by atoms with Gasteiger partial charge in [0.05, 0.1) is 0 Å². The van der Waals surface area contributed by atoms with Crippen LogP contribution in [0.15, 0.2) is 12.7 Å². The van der Waals surface area contributed by atoms with Gasteiger partial charge in [0.2, 0.25) is 5.91 Å². The maximum Gasteiger partial charge on any atom is 0.222 e. The van der Waals surface area contributed by atoms with Crippen molar-refractivity contribution in [3.05, 3.63) is 12.7 Å². The zero-order valence-electron chi connectivity index (χ0n) is 12.1. The van der Waals surface area contributed by atoms with Crippen molar-refractivity contribution in [2.75, 3.05) is 19.6 Å². The second kappa shape index (κ2) is 5.91. The molecule has 0 spiro atoms. The molecule has 1 amide bonds. The first-order valence-electron chi connectivity index (χ1n) is 7.60. The zero-order chi connectivity index (χ0) is 13.9. The standard InChI is InChI=1S/C14H23N5O/c1-12-9-17(13-4-5-13)7-8-19(12)14(20)3-2-6-18-11-15-10-16-18/h10-13H,2-9H2,1H3. The molecule has 0 aromatic carbocycles. The van der Waals surface area contributed by atoms with Gasteiger partial charge in [-0.05, 0) is 26.2 Å². The molecule has 3 rings (SSSR count). The van der Waals surface area contributed by atoms with Gasteiger partial charge in [0.15, 0.2) is 0 Å². The van der Waals surface area contributed by atoms with Crippen LogP contribution < -0.4 is 0 Å². The van der Waals surface area contributed by atoms with Crippen LogP contribution in [0.5, 0.6) is 0 Å². The first-order valence-corrected chi connectivity index (χ1v) is 7.60. The van der Waals surface area contributed by atoms with Gasteiger partial charge >= 0.3 is 0 Å². The Morgan fingerprint density at radius 3 is 2.85 bits per heavy atom. The SMILES string of the molecule is CC1CN(C2CC2)CCN1C(=O)CCCn1cncn1. The Hall–Kier alpha value is -1.43. The number of aromatic nitrogens is 3. The molecule has 1 aliphatic heterocycles. The van der Waals surface area contributed by atoms with E-state index in [1.165, 1.54) is 19.2 Å². The van der Waals surface area contributed by atoms with Crippen LogP contribution in [-0.2, 0) is 11.3 Å². The van der Waals surface area contributed by atoms with Gasteiger partial charge in [-0.3, -0.25) is 14.4 Å². The van der Waals surface area contributed by atoms with E-state index in [0.29, 0.717) is 12.5 Å². The Morgan fingerprint density at radius 1 is 1.35 bits per heavy atom. The molecule has 6 nitrogen and oxygen atoms in total. The molecule has 0 N–H and O–H groups in total. The summed E-state index contributed by atoms with van der Waals surface area (Å²) in [6.45, 7) is 5.91. The Morgan fingerprint density at radius 2 is 2.20 bits per heavy atom. The van der Waals surface area contributed by atoms with E-state index in [1.807, 2.05) is 0 Å². The fraction of sp³-hybridized carbons (Fsp3) is 0.786. The van der Waals surface area contributed by atoms with Crippen LogP contribution in [0, 0.1) is 0 Å².